The number of carbonyl (C=O) groups is 1. The van der Waals surface area contributed by atoms with Crippen molar-refractivity contribution in [1.29, 1.82) is 0 Å². The fourth-order valence-corrected chi connectivity index (χ4v) is 2.03. The number of amides is 1. The van der Waals surface area contributed by atoms with Gasteiger partial charge in [0, 0.05) is 13.0 Å². The van der Waals surface area contributed by atoms with Crippen LogP contribution < -0.4 is 5.32 Å². The van der Waals surface area contributed by atoms with Crippen molar-refractivity contribution < 1.29 is 22.7 Å². The number of benzene rings is 1. The third-order valence-corrected chi connectivity index (χ3v) is 3.09. The van der Waals surface area contributed by atoms with Crippen molar-refractivity contribution in [3.8, 4) is 0 Å². The van der Waals surface area contributed by atoms with E-state index in [9.17, 15) is 18.0 Å². The van der Waals surface area contributed by atoms with Gasteiger partial charge in [-0.05, 0) is 53.9 Å². The quantitative estimate of drug-likeness (QED) is 0.855. The summed E-state index contributed by atoms with van der Waals surface area (Å²) in [6.07, 6.45) is -4.07. The van der Waals surface area contributed by atoms with Crippen LogP contribution in [0.3, 0.4) is 0 Å². The van der Waals surface area contributed by atoms with Crippen molar-refractivity contribution in [2.75, 3.05) is 0 Å². The largest absolute Gasteiger partial charge is 0.444 e. The molecule has 1 rings (SSSR count). The fourth-order valence-electron chi connectivity index (χ4n) is 1.65. The Morgan fingerprint density at radius 3 is 2.52 bits per heavy atom. The molecule has 1 amide bonds. The molecule has 0 unspecified atom stereocenters. The predicted molar refractivity (Wildman–Crippen MR) is 76.9 cm³/mol. The molecule has 0 radical (unpaired) electrons. The van der Waals surface area contributed by atoms with Crippen molar-refractivity contribution >= 4 is 22.0 Å². The Balaban J connectivity index is 2.83. The molecular formula is C14H17BrF3NO2. The molecule has 0 saturated heterocycles. The van der Waals surface area contributed by atoms with Crippen molar-refractivity contribution in [2.24, 2.45) is 0 Å². The van der Waals surface area contributed by atoms with Crippen LogP contribution in [0.15, 0.2) is 16.6 Å². The Morgan fingerprint density at radius 1 is 1.38 bits per heavy atom. The van der Waals surface area contributed by atoms with Crippen LogP contribution in [-0.4, -0.2) is 18.1 Å². The van der Waals surface area contributed by atoms with E-state index in [2.05, 4.69) is 21.2 Å². The van der Waals surface area contributed by atoms with E-state index >= 15 is 0 Å². The summed E-state index contributed by atoms with van der Waals surface area (Å²) in [4.78, 5) is 11.5. The predicted octanol–water partition coefficient (Wildman–Crippen LogP) is 4.42. The maximum Gasteiger partial charge on any atom is 0.407 e. The molecule has 0 fully saturated rings. The van der Waals surface area contributed by atoms with E-state index in [1.54, 1.807) is 20.8 Å². The summed E-state index contributed by atoms with van der Waals surface area (Å²) in [5.74, 6) is -0.737. The van der Waals surface area contributed by atoms with Crippen LogP contribution in [-0.2, 0) is 17.7 Å². The van der Waals surface area contributed by atoms with Crippen LogP contribution in [0.5, 0.6) is 0 Å². The van der Waals surface area contributed by atoms with Crippen LogP contribution in [0.25, 0.3) is 0 Å². The molecule has 0 aromatic heterocycles. The molecule has 118 valence electrons. The number of rotatable bonds is 4. The molecular weight excluding hydrogens is 351 g/mol. The first kappa shape index (κ1) is 17.8. The van der Waals surface area contributed by atoms with Crippen molar-refractivity contribution in [3.05, 3.63) is 33.5 Å². The number of ether oxygens (including phenoxy) is 1. The molecule has 0 spiro atoms. The highest BCUT2D eigenvalue weighted by Gasteiger charge is 2.19. The van der Waals surface area contributed by atoms with E-state index < -0.39 is 30.4 Å². The van der Waals surface area contributed by atoms with Gasteiger partial charge in [0.15, 0.2) is 0 Å². The fraction of sp³-hybridized carbons (Fsp3) is 0.500. The number of hydrogen-bond acceptors (Lipinski definition) is 2. The summed E-state index contributed by atoms with van der Waals surface area (Å²) in [6.45, 7) is 5.03. The number of hydrogen-bond donors (Lipinski definition) is 1. The molecule has 0 aliphatic carbocycles. The topological polar surface area (TPSA) is 38.3 Å². The second-order valence-electron chi connectivity index (χ2n) is 5.45. The molecule has 0 bridgehead atoms. The van der Waals surface area contributed by atoms with Crippen molar-refractivity contribution in [2.45, 2.75) is 45.8 Å². The Kier molecular flexibility index (Phi) is 6.07. The van der Waals surface area contributed by atoms with Gasteiger partial charge in [0.25, 0.3) is 0 Å². The Labute approximate surface area is 130 Å². The molecule has 1 aromatic carbocycles. The average Bonchev–Trinajstić information content (AvgIpc) is 2.31. The molecule has 0 aliphatic heterocycles. The minimum atomic E-state index is -2.67. The number of carbonyl (C=O) groups excluding carboxylic acids is 1. The summed E-state index contributed by atoms with van der Waals surface area (Å²) in [5, 5.41) is 2.43. The van der Waals surface area contributed by atoms with Crippen LogP contribution >= 0.6 is 15.9 Å². The van der Waals surface area contributed by atoms with Gasteiger partial charge in [0.1, 0.15) is 11.4 Å². The number of halogens is 4. The monoisotopic (exact) mass is 367 g/mol. The van der Waals surface area contributed by atoms with E-state index in [4.69, 9.17) is 4.74 Å². The summed E-state index contributed by atoms with van der Waals surface area (Å²) >= 11 is 2.96. The van der Waals surface area contributed by atoms with Gasteiger partial charge in [0.2, 0.25) is 6.43 Å². The second kappa shape index (κ2) is 7.15. The van der Waals surface area contributed by atoms with Gasteiger partial charge in [-0.1, -0.05) is 6.07 Å². The smallest absolute Gasteiger partial charge is 0.407 e. The van der Waals surface area contributed by atoms with Gasteiger partial charge < -0.3 is 10.1 Å². The lowest BCUT2D eigenvalue weighted by molar-refractivity contribution is 0.0523. The minimum absolute atomic E-state index is 0.0822. The molecule has 0 aliphatic rings. The van der Waals surface area contributed by atoms with Gasteiger partial charge >= 0.3 is 6.09 Å². The summed E-state index contributed by atoms with van der Waals surface area (Å²) < 4.78 is 44.1. The highest BCUT2D eigenvalue weighted by Crippen LogP contribution is 2.24. The standard InChI is InChI=1S/C14H17BrF3NO2/c1-14(2,3)21-13(20)19-7-8-4-5-10(15)12(18)9(8)6-11(16)17/h4-5,11H,6-7H2,1-3H3,(H,19,20). The van der Waals surface area contributed by atoms with E-state index in [1.807, 2.05) is 0 Å². The highest BCUT2D eigenvalue weighted by atomic mass is 79.9. The SMILES string of the molecule is CC(C)(C)OC(=O)NCc1ccc(Br)c(F)c1CC(F)F. The average molecular weight is 368 g/mol. The number of alkyl halides is 2. The zero-order chi connectivity index (χ0) is 16.2. The third-order valence-electron chi connectivity index (χ3n) is 2.47. The Morgan fingerprint density at radius 2 is 2.00 bits per heavy atom. The molecule has 1 aromatic rings. The van der Waals surface area contributed by atoms with E-state index in [-0.39, 0.29) is 16.6 Å². The molecule has 0 atom stereocenters. The second-order valence-corrected chi connectivity index (χ2v) is 6.30. The first-order chi connectivity index (χ1) is 9.60. The molecule has 21 heavy (non-hydrogen) atoms. The maximum absolute atomic E-state index is 13.9. The van der Waals surface area contributed by atoms with Gasteiger partial charge in [-0.25, -0.2) is 18.0 Å². The molecule has 1 N–H and O–H groups in total. The molecule has 0 saturated carbocycles. The normalized spacial score (nSPS) is 11.6. The third kappa shape index (κ3) is 5.95. The summed E-state index contributed by atoms with van der Waals surface area (Å²) in [6, 6.07) is 2.90. The van der Waals surface area contributed by atoms with Crippen LogP contribution in [0.2, 0.25) is 0 Å². The summed E-state index contributed by atoms with van der Waals surface area (Å²) in [7, 11) is 0. The van der Waals surface area contributed by atoms with Crippen LogP contribution in [0.1, 0.15) is 31.9 Å². The van der Waals surface area contributed by atoms with Gasteiger partial charge in [-0.2, -0.15) is 0 Å². The number of alkyl carbamates (subject to hydrolysis) is 1. The molecule has 3 nitrogen and oxygen atoms in total. The lowest BCUT2D eigenvalue weighted by Crippen LogP contribution is -2.32. The highest BCUT2D eigenvalue weighted by molar-refractivity contribution is 9.10. The van der Waals surface area contributed by atoms with E-state index in [0.29, 0.717) is 5.56 Å². The maximum atomic E-state index is 13.9. The van der Waals surface area contributed by atoms with Crippen LogP contribution in [0.4, 0.5) is 18.0 Å². The van der Waals surface area contributed by atoms with Gasteiger partial charge in [-0.15, -0.1) is 0 Å². The Hall–Kier alpha value is -1.24. The lowest BCUT2D eigenvalue weighted by atomic mass is 10.0. The van der Waals surface area contributed by atoms with Crippen molar-refractivity contribution in [3.63, 3.8) is 0 Å². The van der Waals surface area contributed by atoms with E-state index in [0.717, 1.165) is 0 Å². The Bertz CT molecular complexity index is 516. The first-order valence-corrected chi connectivity index (χ1v) is 7.10. The lowest BCUT2D eigenvalue weighted by Gasteiger charge is -2.20. The van der Waals surface area contributed by atoms with E-state index in [1.165, 1.54) is 12.1 Å². The van der Waals surface area contributed by atoms with Crippen molar-refractivity contribution in [1.82, 2.24) is 5.32 Å². The molecule has 0 heterocycles. The number of nitrogens with one attached hydrogen (secondary N) is 1. The first-order valence-electron chi connectivity index (χ1n) is 6.31. The summed E-state index contributed by atoms with van der Waals surface area (Å²) in [5.41, 5.74) is -0.488. The molecule has 7 heteroatoms. The zero-order valence-electron chi connectivity index (χ0n) is 12.0. The zero-order valence-corrected chi connectivity index (χ0v) is 13.6. The minimum Gasteiger partial charge on any atom is -0.444 e. The van der Waals surface area contributed by atoms with Gasteiger partial charge in [-0.3, -0.25) is 0 Å². The van der Waals surface area contributed by atoms with Crippen LogP contribution in [0, 0.1) is 5.82 Å². The van der Waals surface area contributed by atoms with Gasteiger partial charge in [0.05, 0.1) is 4.47 Å².